The van der Waals surface area contributed by atoms with E-state index < -0.39 is 5.37 Å². The van der Waals surface area contributed by atoms with E-state index in [1.165, 1.54) is 0 Å². The molecule has 0 atom stereocenters. The van der Waals surface area contributed by atoms with Gasteiger partial charge >= 0.3 is 5.37 Å². The maximum Gasteiger partial charge on any atom is 0.316 e. The van der Waals surface area contributed by atoms with Crippen LogP contribution < -0.4 is 5.32 Å². The molecule has 2 rings (SSSR count). The Morgan fingerprint density at radius 3 is 2.33 bits per heavy atom. The number of para-hydroxylation sites is 1. The van der Waals surface area contributed by atoms with Crippen molar-refractivity contribution in [3.05, 3.63) is 30.3 Å². The van der Waals surface area contributed by atoms with Crippen molar-refractivity contribution in [2.24, 2.45) is 5.92 Å². The Bertz CT molecular complexity index is 428. The molecule has 0 saturated carbocycles. The van der Waals surface area contributed by atoms with Crippen molar-refractivity contribution < 1.29 is 9.59 Å². The highest BCUT2D eigenvalue weighted by atomic mass is 35.5. The minimum atomic E-state index is -0.433. The van der Waals surface area contributed by atoms with Gasteiger partial charge in [0.15, 0.2) is 0 Å². The van der Waals surface area contributed by atoms with E-state index in [0.29, 0.717) is 25.9 Å². The summed E-state index contributed by atoms with van der Waals surface area (Å²) in [7, 11) is 0. The summed E-state index contributed by atoms with van der Waals surface area (Å²) in [6.45, 7) is 1.10. The highest BCUT2D eigenvalue weighted by Crippen LogP contribution is 2.20. The lowest BCUT2D eigenvalue weighted by atomic mass is 9.96. The summed E-state index contributed by atoms with van der Waals surface area (Å²) in [5.74, 6) is -0.0275. The van der Waals surface area contributed by atoms with Crippen LogP contribution in [0.15, 0.2) is 30.3 Å². The lowest BCUT2D eigenvalue weighted by Crippen LogP contribution is -2.39. The van der Waals surface area contributed by atoms with E-state index in [1.807, 2.05) is 30.3 Å². The number of benzene rings is 1. The average molecular weight is 267 g/mol. The molecule has 1 heterocycles. The molecule has 1 aromatic carbocycles. The monoisotopic (exact) mass is 266 g/mol. The van der Waals surface area contributed by atoms with E-state index in [9.17, 15) is 9.59 Å². The molecular weight excluding hydrogens is 252 g/mol. The number of rotatable bonds is 2. The van der Waals surface area contributed by atoms with E-state index >= 15 is 0 Å². The van der Waals surface area contributed by atoms with Crippen LogP contribution in [0.25, 0.3) is 0 Å². The van der Waals surface area contributed by atoms with Gasteiger partial charge in [0, 0.05) is 24.7 Å². The standard InChI is InChI=1S/C13H15ClN2O2/c14-13(18)16-8-6-10(7-9-16)12(17)15-11-4-2-1-3-5-11/h1-5,10H,6-9H2,(H,15,17). The van der Waals surface area contributed by atoms with Gasteiger partial charge in [0.1, 0.15) is 0 Å². The molecule has 2 amide bonds. The molecule has 18 heavy (non-hydrogen) atoms. The lowest BCUT2D eigenvalue weighted by Gasteiger charge is -2.29. The number of piperidine rings is 1. The zero-order chi connectivity index (χ0) is 13.0. The molecule has 0 spiro atoms. The Morgan fingerprint density at radius 1 is 1.17 bits per heavy atom. The van der Waals surface area contributed by atoms with Gasteiger partial charge in [0.25, 0.3) is 0 Å². The van der Waals surface area contributed by atoms with Gasteiger partial charge in [-0.15, -0.1) is 0 Å². The third-order valence-corrected chi connectivity index (χ3v) is 3.39. The Kier molecular flexibility index (Phi) is 4.20. The van der Waals surface area contributed by atoms with Crippen molar-refractivity contribution in [1.29, 1.82) is 0 Å². The summed E-state index contributed by atoms with van der Waals surface area (Å²) in [6.07, 6.45) is 1.33. The maximum atomic E-state index is 12.0. The Morgan fingerprint density at radius 2 is 1.78 bits per heavy atom. The fraction of sp³-hybridized carbons (Fsp3) is 0.385. The van der Waals surface area contributed by atoms with Crippen LogP contribution in [0.1, 0.15) is 12.8 Å². The van der Waals surface area contributed by atoms with Crippen LogP contribution in [0.4, 0.5) is 10.5 Å². The second-order valence-electron chi connectivity index (χ2n) is 4.37. The van der Waals surface area contributed by atoms with Gasteiger partial charge in [0.2, 0.25) is 5.91 Å². The Hall–Kier alpha value is -1.55. The quantitative estimate of drug-likeness (QED) is 0.661. The molecule has 1 saturated heterocycles. The van der Waals surface area contributed by atoms with Crippen molar-refractivity contribution >= 4 is 28.6 Å². The van der Waals surface area contributed by atoms with Gasteiger partial charge in [0.05, 0.1) is 0 Å². The van der Waals surface area contributed by atoms with E-state index in [2.05, 4.69) is 5.32 Å². The van der Waals surface area contributed by atoms with Gasteiger partial charge in [-0.3, -0.25) is 9.59 Å². The van der Waals surface area contributed by atoms with Crippen molar-refractivity contribution in [2.75, 3.05) is 18.4 Å². The third-order valence-electron chi connectivity index (χ3n) is 3.16. The number of likely N-dealkylation sites (tertiary alicyclic amines) is 1. The van der Waals surface area contributed by atoms with Gasteiger partial charge in [-0.25, -0.2) is 0 Å². The minimum Gasteiger partial charge on any atom is -0.329 e. The molecule has 1 aliphatic rings. The second kappa shape index (κ2) is 5.87. The maximum absolute atomic E-state index is 12.0. The summed E-state index contributed by atoms with van der Waals surface area (Å²) in [5, 5.41) is 2.45. The zero-order valence-corrected chi connectivity index (χ0v) is 10.7. The van der Waals surface area contributed by atoms with Crippen LogP contribution in [-0.4, -0.2) is 29.3 Å². The molecule has 96 valence electrons. The molecule has 1 aliphatic heterocycles. The van der Waals surface area contributed by atoms with E-state index in [1.54, 1.807) is 4.90 Å². The molecule has 0 aromatic heterocycles. The largest absolute Gasteiger partial charge is 0.329 e. The Labute approximate surface area is 111 Å². The molecule has 1 N–H and O–H groups in total. The molecule has 5 heteroatoms. The number of nitrogens with zero attached hydrogens (tertiary/aromatic N) is 1. The van der Waals surface area contributed by atoms with Crippen LogP contribution in [-0.2, 0) is 4.79 Å². The molecule has 4 nitrogen and oxygen atoms in total. The number of nitrogens with one attached hydrogen (secondary N) is 1. The summed E-state index contributed by atoms with van der Waals surface area (Å²) < 4.78 is 0. The van der Waals surface area contributed by atoms with Crippen molar-refractivity contribution in [1.82, 2.24) is 4.90 Å². The van der Waals surface area contributed by atoms with Crippen LogP contribution in [0, 0.1) is 5.92 Å². The van der Waals surface area contributed by atoms with Gasteiger partial charge in [-0.2, -0.15) is 0 Å². The summed E-state index contributed by atoms with van der Waals surface area (Å²) in [5.41, 5.74) is 0.804. The smallest absolute Gasteiger partial charge is 0.316 e. The molecule has 0 aliphatic carbocycles. The Balaban J connectivity index is 1.86. The third kappa shape index (κ3) is 3.23. The van der Waals surface area contributed by atoms with E-state index in [-0.39, 0.29) is 11.8 Å². The van der Waals surface area contributed by atoms with Crippen molar-refractivity contribution in [3.63, 3.8) is 0 Å². The van der Waals surface area contributed by atoms with Gasteiger partial charge < -0.3 is 10.2 Å². The number of carbonyl (C=O) groups excluding carboxylic acids is 2. The summed E-state index contributed by atoms with van der Waals surface area (Å²) in [6, 6.07) is 9.37. The molecule has 1 fully saturated rings. The highest BCUT2D eigenvalue weighted by molar-refractivity contribution is 6.62. The van der Waals surface area contributed by atoms with Crippen LogP contribution in [0.2, 0.25) is 0 Å². The molecule has 0 bridgehead atoms. The molecule has 0 radical (unpaired) electrons. The first-order valence-corrected chi connectivity index (χ1v) is 6.35. The topological polar surface area (TPSA) is 49.4 Å². The number of hydrogen-bond donors (Lipinski definition) is 1. The first-order valence-electron chi connectivity index (χ1n) is 5.97. The zero-order valence-electron chi connectivity index (χ0n) is 9.93. The lowest BCUT2D eigenvalue weighted by molar-refractivity contribution is -0.121. The average Bonchev–Trinajstić information content (AvgIpc) is 2.40. The number of amides is 2. The summed E-state index contributed by atoms with van der Waals surface area (Å²) in [4.78, 5) is 24.5. The van der Waals surface area contributed by atoms with Crippen LogP contribution in [0.5, 0.6) is 0 Å². The number of hydrogen-bond acceptors (Lipinski definition) is 2. The van der Waals surface area contributed by atoms with Crippen molar-refractivity contribution in [2.45, 2.75) is 12.8 Å². The summed E-state index contributed by atoms with van der Waals surface area (Å²) >= 11 is 5.40. The SMILES string of the molecule is O=C(Nc1ccccc1)C1CCN(C(=O)Cl)CC1. The fourth-order valence-electron chi connectivity index (χ4n) is 2.08. The highest BCUT2D eigenvalue weighted by Gasteiger charge is 2.26. The molecular formula is C13H15ClN2O2. The number of carbonyl (C=O) groups is 2. The van der Waals surface area contributed by atoms with Crippen LogP contribution >= 0.6 is 11.6 Å². The van der Waals surface area contributed by atoms with Gasteiger partial charge in [-0.05, 0) is 36.6 Å². The van der Waals surface area contributed by atoms with Crippen LogP contribution in [0.3, 0.4) is 0 Å². The van der Waals surface area contributed by atoms with Crippen molar-refractivity contribution in [3.8, 4) is 0 Å². The normalized spacial score (nSPS) is 16.4. The number of anilines is 1. The molecule has 0 unspecified atom stereocenters. The predicted molar refractivity (Wildman–Crippen MR) is 70.6 cm³/mol. The first kappa shape index (κ1) is 12.9. The minimum absolute atomic E-state index is 0.0165. The second-order valence-corrected chi connectivity index (χ2v) is 4.69. The van der Waals surface area contributed by atoms with E-state index in [4.69, 9.17) is 11.6 Å². The number of halogens is 1. The predicted octanol–water partition coefficient (Wildman–Crippen LogP) is 2.70. The molecule has 1 aromatic rings. The van der Waals surface area contributed by atoms with E-state index in [0.717, 1.165) is 5.69 Å². The van der Waals surface area contributed by atoms with Gasteiger partial charge in [-0.1, -0.05) is 18.2 Å². The first-order chi connectivity index (χ1) is 8.66. The fourth-order valence-corrected chi connectivity index (χ4v) is 2.25.